The topological polar surface area (TPSA) is 66.0 Å². The van der Waals surface area contributed by atoms with E-state index < -0.39 is 6.10 Å². The number of H-pyrrole nitrogens is 1. The van der Waals surface area contributed by atoms with Gasteiger partial charge >= 0.3 is 0 Å². The van der Waals surface area contributed by atoms with Crippen molar-refractivity contribution in [3.05, 3.63) is 40.8 Å². The van der Waals surface area contributed by atoms with E-state index >= 15 is 0 Å². The van der Waals surface area contributed by atoms with E-state index in [1.807, 2.05) is 6.07 Å². The van der Waals surface area contributed by atoms with Crippen molar-refractivity contribution in [2.75, 3.05) is 0 Å². The third kappa shape index (κ3) is 1.14. The second-order valence-electron chi connectivity index (χ2n) is 3.60. The van der Waals surface area contributed by atoms with Gasteiger partial charge in [-0.25, -0.2) is 4.98 Å². The maximum Gasteiger partial charge on any atom is 0.200 e. The van der Waals surface area contributed by atoms with Gasteiger partial charge in [0.25, 0.3) is 0 Å². The summed E-state index contributed by atoms with van der Waals surface area (Å²) < 4.78 is 0. The average molecular weight is 235 g/mol. The number of aromatic amines is 1. The lowest BCUT2D eigenvalue weighted by atomic mass is 9.89. The largest absolute Gasteiger partial charge is 0.379 e. The molecule has 0 spiro atoms. The van der Waals surface area contributed by atoms with Crippen molar-refractivity contribution in [1.82, 2.24) is 9.97 Å². The summed E-state index contributed by atoms with van der Waals surface area (Å²) in [5, 5.41) is 9.99. The molecule has 0 bridgehead atoms. The smallest absolute Gasteiger partial charge is 0.200 e. The van der Waals surface area contributed by atoms with Crippen LogP contribution in [0.2, 0.25) is 5.28 Å². The van der Waals surface area contributed by atoms with E-state index in [2.05, 4.69) is 9.97 Å². The molecule has 0 saturated heterocycles. The van der Waals surface area contributed by atoms with Crippen molar-refractivity contribution < 1.29 is 9.90 Å². The third-order valence-corrected chi connectivity index (χ3v) is 2.85. The van der Waals surface area contributed by atoms with Gasteiger partial charge in [0, 0.05) is 11.1 Å². The lowest BCUT2D eigenvalue weighted by Gasteiger charge is -2.18. The van der Waals surface area contributed by atoms with E-state index in [1.54, 1.807) is 18.2 Å². The Labute approximate surface area is 95.9 Å². The molecular formula is C11H7ClN2O2. The highest BCUT2D eigenvalue weighted by Crippen LogP contribution is 2.37. The van der Waals surface area contributed by atoms with Crippen molar-refractivity contribution in [1.29, 1.82) is 0 Å². The number of aliphatic hydroxyl groups excluding tert-OH is 1. The summed E-state index contributed by atoms with van der Waals surface area (Å²) in [5.41, 5.74) is 2.10. The Morgan fingerprint density at radius 1 is 1.31 bits per heavy atom. The molecule has 4 nitrogen and oxygen atoms in total. The second kappa shape index (κ2) is 3.17. The Balaban J connectivity index is 2.36. The van der Waals surface area contributed by atoms with Gasteiger partial charge in [-0.2, -0.15) is 0 Å². The third-order valence-electron chi connectivity index (χ3n) is 2.67. The van der Waals surface area contributed by atoms with Crippen LogP contribution >= 0.6 is 11.6 Å². The minimum Gasteiger partial charge on any atom is -0.379 e. The number of aliphatic hydroxyl groups is 1. The van der Waals surface area contributed by atoms with Gasteiger partial charge in [0.15, 0.2) is 11.9 Å². The maximum atomic E-state index is 11.8. The molecule has 80 valence electrons. The van der Waals surface area contributed by atoms with E-state index in [-0.39, 0.29) is 11.1 Å². The van der Waals surface area contributed by atoms with Crippen LogP contribution in [-0.4, -0.2) is 20.9 Å². The summed E-state index contributed by atoms with van der Waals surface area (Å²) in [6, 6.07) is 7.03. The number of carbonyl (C=O) groups excluding carboxylic acids is 1. The van der Waals surface area contributed by atoms with Crippen molar-refractivity contribution in [2.45, 2.75) is 6.10 Å². The first-order chi connectivity index (χ1) is 7.68. The van der Waals surface area contributed by atoms with Crippen molar-refractivity contribution in [3.8, 4) is 11.3 Å². The highest BCUT2D eigenvalue weighted by atomic mass is 35.5. The van der Waals surface area contributed by atoms with Crippen LogP contribution < -0.4 is 0 Å². The fourth-order valence-electron chi connectivity index (χ4n) is 1.94. The normalized spacial score (nSPS) is 18.1. The minimum absolute atomic E-state index is 0.175. The van der Waals surface area contributed by atoms with Gasteiger partial charge in [0.2, 0.25) is 5.28 Å². The fraction of sp³-hybridized carbons (Fsp3) is 0.0909. The average Bonchev–Trinajstić information content (AvgIpc) is 2.68. The zero-order valence-corrected chi connectivity index (χ0v) is 8.82. The number of aromatic nitrogens is 2. The Hall–Kier alpha value is -1.65. The van der Waals surface area contributed by atoms with Gasteiger partial charge in [-0.3, -0.25) is 4.79 Å². The molecule has 2 N–H and O–H groups in total. The first-order valence-corrected chi connectivity index (χ1v) is 5.13. The van der Waals surface area contributed by atoms with Crippen LogP contribution in [0.1, 0.15) is 22.2 Å². The molecule has 0 aliphatic heterocycles. The lowest BCUT2D eigenvalue weighted by molar-refractivity contribution is 0.0737. The molecule has 1 aromatic carbocycles. The molecular weight excluding hydrogens is 228 g/mol. The highest BCUT2D eigenvalue weighted by molar-refractivity contribution is 6.28. The number of nitrogens with zero attached hydrogens (tertiary/aromatic N) is 1. The maximum absolute atomic E-state index is 11.8. The van der Waals surface area contributed by atoms with Gasteiger partial charge in [0.05, 0.1) is 11.4 Å². The van der Waals surface area contributed by atoms with Crippen LogP contribution in [0.4, 0.5) is 0 Å². The van der Waals surface area contributed by atoms with Crippen LogP contribution in [0.5, 0.6) is 0 Å². The van der Waals surface area contributed by atoms with Crippen LogP contribution in [0.15, 0.2) is 24.3 Å². The summed E-state index contributed by atoms with van der Waals surface area (Å²) in [6.45, 7) is 0. The van der Waals surface area contributed by atoms with Gasteiger partial charge in [0.1, 0.15) is 0 Å². The molecule has 1 heterocycles. The standard InChI is InChI=1S/C11H7ClN2O2/c12-11-13-7-5-3-1-2-4-6(5)9(15)10(16)8(7)14-11/h1-4,10,16H,(H,13,14). The monoisotopic (exact) mass is 234 g/mol. The molecule has 1 aromatic heterocycles. The number of hydrogen-bond donors (Lipinski definition) is 2. The number of halogens is 1. The first kappa shape index (κ1) is 9.57. The predicted octanol–water partition coefficient (Wildman–Crippen LogP) is 1.96. The molecule has 2 aromatic rings. The number of Topliss-reactive ketones (excluding diaryl/α,β-unsaturated/α-hetero) is 1. The van der Waals surface area contributed by atoms with Gasteiger partial charge in [-0.1, -0.05) is 24.3 Å². The van der Waals surface area contributed by atoms with Crippen molar-refractivity contribution in [2.24, 2.45) is 0 Å². The van der Waals surface area contributed by atoms with Gasteiger partial charge in [-0.15, -0.1) is 0 Å². The molecule has 0 fully saturated rings. The fourth-order valence-corrected chi connectivity index (χ4v) is 2.13. The minimum atomic E-state index is -1.20. The van der Waals surface area contributed by atoms with E-state index in [4.69, 9.17) is 11.6 Å². The molecule has 1 aliphatic carbocycles. The summed E-state index contributed by atoms with van der Waals surface area (Å²) >= 11 is 5.74. The van der Waals surface area contributed by atoms with E-state index in [9.17, 15) is 9.90 Å². The zero-order chi connectivity index (χ0) is 11.3. The molecule has 0 amide bonds. The van der Waals surface area contributed by atoms with Crippen LogP contribution in [0.3, 0.4) is 0 Å². The number of carbonyl (C=O) groups is 1. The number of imidazole rings is 1. The number of fused-ring (bicyclic) bond motifs is 3. The molecule has 0 saturated carbocycles. The molecule has 0 radical (unpaired) electrons. The molecule has 5 heteroatoms. The Morgan fingerprint density at radius 3 is 2.75 bits per heavy atom. The van der Waals surface area contributed by atoms with Crippen LogP contribution in [-0.2, 0) is 0 Å². The number of nitrogens with one attached hydrogen (secondary N) is 1. The second-order valence-corrected chi connectivity index (χ2v) is 3.96. The number of ketones is 1. The molecule has 3 rings (SSSR count). The summed E-state index contributed by atoms with van der Waals surface area (Å²) in [6.07, 6.45) is -1.20. The van der Waals surface area contributed by atoms with E-state index in [0.29, 0.717) is 22.5 Å². The summed E-state index contributed by atoms with van der Waals surface area (Å²) in [4.78, 5) is 18.6. The highest BCUT2D eigenvalue weighted by Gasteiger charge is 2.33. The Bertz CT molecular complexity index is 591. The van der Waals surface area contributed by atoms with E-state index in [0.717, 1.165) is 0 Å². The van der Waals surface area contributed by atoms with Crippen LogP contribution in [0.25, 0.3) is 11.3 Å². The Morgan fingerprint density at radius 2 is 2.00 bits per heavy atom. The first-order valence-electron chi connectivity index (χ1n) is 4.75. The quantitative estimate of drug-likeness (QED) is 0.732. The lowest BCUT2D eigenvalue weighted by Crippen LogP contribution is -2.19. The number of rotatable bonds is 0. The van der Waals surface area contributed by atoms with Gasteiger partial charge in [-0.05, 0) is 11.6 Å². The summed E-state index contributed by atoms with van der Waals surface area (Å²) in [7, 11) is 0. The number of benzene rings is 1. The van der Waals surface area contributed by atoms with Crippen molar-refractivity contribution in [3.63, 3.8) is 0 Å². The van der Waals surface area contributed by atoms with Crippen molar-refractivity contribution >= 4 is 17.4 Å². The zero-order valence-electron chi connectivity index (χ0n) is 8.07. The molecule has 1 aliphatic rings. The Kier molecular flexibility index (Phi) is 1.89. The predicted molar refractivity (Wildman–Crippen MR) is 58.3 cm³/mol. The van der Waals surface area contributed by atoms with Crippen LogP contribution in [0, 0.1) is 0 Å². The molecule has 1 atom stereocenters. The van der Waals surface area contributed by atoms with E-state index in [1.165, 1.54) is 0 Å². The number of hydrogen-bond acceptors (Lipinski definition) is 3. The molecule has 1 unspecified atom stereocenters. The molecule has 16 heavy (non-hydrogen) atoms. The summed E-state index contributed by atoms with van der Waals surface area (Å²) in [5.74, 6) is -0.330. The van der Waals surface area contributed by atoms with Gasteiger partial charge < -0.3 is 10.1 Å². The SMILES string of the molecule is O=C1c2ccccc2-c2nc(Cl)[nH]c2C1O.